The summed E-state index contributed by atoms with van der Waals surface area (Å²) in [4.78, 5) is 12.4. The zero-order valence-electron chi connectivity index (χ0n) is 15.3. The van der Waals surface area contributed by atoms with E-state index in [1.807, 2.05) is 0 Å². The first kappa shape index (κ1) is 16.4. The molecule has 3 fully saturated rings. The average molecular weight is 330 g/mol. The van der Waals surface area contributed by atoms with Crippen LogP contribution in [0.25, 0.3) is 0 Å². The van der Waals surface area contributed by atoms with Crippen LogP contribution in [0.5, 0.6) is 0 Å². The van der Waals surface area contributed by atoms with Gasteiger partial charge in [0, 0.05) is 12.3 Å². The molecule has 2 saturated heterocycles. The van der Waals surface area contributed by atoms with Crippen LogP contribution in [0, 0.1) is 11.3 Å². The van der Waals surface area contributed by atoms with E-state index in [-0.39, 0.29) is 23.1 Å². The van der Waals surface area contributed by atoms with Crippen molar-refractivity contribution in [2.75, 3.05) is 0 Å². The number of esters is 1. The molecule has 4 atom stereocenters. The Bertz CT molecular complexity index is 598. The van der Waals surface area contributed by atoms with Crippen LogP contribution in [0.1, 0.15) is 72.1 Å². The number of epoxide rings is 1. The van der Waals surface area contributed by atoms with Crippen molar-refractivity contribution in [3.05, 3.63) is 23.3 Å². The standard InChI is InChI=1S/C21H30O3/c1-14-6-4-7-15(2)12-17-16(21(10-11-21)19(22)23-17)13-18-20(3,24-18)9-5-8-14/h7-8,16-18H,4-6,9-13H2,1-3H3/b14-8+,15-7+/t16-,17+,18-,20-/m1/s1. The third-order valence-corrected chi connectivity index (χ3v) is 6.80. The Morgan fingerprint density at radius 3 is 2.58 bits per heavy atom. The fourth-order valence-corrected chi connectivity index (χ4v) is 4.81. The van der Waals surface area contributed by atoms with Gasteiger partial charge < -0.3 is 9.47 Å². The molecule has 0 aromatic carbocycles. The van der Waals surface area contributed by atoms with Crippen LogP contribution >= 0.6 is 0 Å². The lowest BCUT2D eigenvalue weighted by molar-refractivity contribution is -0.145. The quantitative estimate of drug-likeness (QED) is 0.367. The molecule has 3 nitrogen and oxygen atoms in total. The number of hydrogen-bond acceptors (Lipinski definition) is 3. The van der Waals surface area contributed by atoms with Gasteiger partial charge in [0.05, 0.1) is 17.1 Å². The molecule has 0 unspecified atom stereocenters. The third kappa shape index (κ3) is 2.85. The summed E-state index contributed by atoms with van der Waals surface area (Å²) in [6, 6.07) is 0. The predicted molar refractivity (Wildman–Crippen MR) is 93.5 cm³/mol. The Morgan fingerprint density at radius 1 is 1.08 bits per heavy atom. The van der Waals surface area contributed by atoms with Crippen molar-refractivity contribution >= 4 is 5.97 Å². The first-order valence-electron chi connectivity index (χ1n) is 9.63. The molecule has 0 aromatic rings. The van der Waals surface area contributed by atoms with Crippen LogP contribution in [-0.2, 0) is 14.3 Å². The number of hydrogen-bond donors (Lipinski definition) is 0. The monoisotopic (exact) mass is 330 g/mol. The maximum atomic E-state index is 12.4. The highest BCUT2D eigenvalue weighted by molar-refractivity contribution is 5.82. The Kier molecular flexibility index (Phi) is 3.91. The smallest absolute Gasteiger partial charge is 0.312 e. The lowest BCUT2D eigenvalue weighted by atomic mass is 9.79. The topological polar surface area (TPSA) is 38.8 Å². The van der Waals surface area contributed by atoms with Gasteiger partial charge in [-0.25, -0.2) is 0 Å². The molecule has 4 rings (SSSR count). The van der Waals surface area contributed by atoms with Gasteiger partial charge in [-0.15, -0.1) is 0 Å². The number of fused-ring (bicyclic) bond motifs is 3. The van der Waals surface area contributed by atoms with E-state index in [4.69, 9.17) is 9.47 Å². The largest absolute Gasteiger partial charge is 0.461 e. The second-order valence-electron chi connectivity index (χ2n) is 8.74. The van der Waals surface area contributed by atoms with Crippen molar-refractivity contribution in [2.24, 2.45) is 11.3 Å². The van der Waals surface area contributed by atoms with Gasteiger partial charge >= 0.3 is 5.97 Å². The molecule has 2 aliphatic carbocycles. The second kappa shape index (κ2) is 5.72. The molecule has 0 radical (unpaired) electrons. The summed E-state index contributed by atoms with van der Waals surface area (Å²) in [6.07, 6.45) is 13.4. The molecule has 0 aromatic heterocycles. The normalized spacial score (nSPS) is 45.8. The maximum Gasteiger partial charge on any atom is 0.312 e. The second-order valence-corrected chi connectivity index (χ2v) is 8.74. The zero-order valence-corrected chi connectivity index (χ0v) is 15.3. The summed E-state index contributed by atoms with van der Waals surface area (Å²) in [6.45, 7) is 6.66. The van der Waals surface area contributed by atoms with Crippen molar-refractivity contribution < 1.29 is 14.3 Å². The van der Waals surface area contributed by atoms with E-state index in [1.165, 1.54) is 11.1 Å². The molecule has 3 heteroatoms. The highest BCUT2D eigenvalue weighted by Crippen LogP contribution is 2.62. The van der Waals surface area contributed by atoms with Crippen molar-refractivity contribution in [1.29, 1.82) is 0 Å². The molecule has 0 amide bonds. The van der Waals surface area contributed by atoms with Crippen molar-refractivity contribution in [3.8, 4) is 0 Å². The number of allylic oxidation sites excluding steroid dienone is 3. The predicted octanol–water partition coefficient (Wildman–Crippen LogP) is 4.71. The van der Waals surface area contributed by atoms with Crippen molar-refractivity contribution in [3.63, 3.8) is 0 Å². The van der Waals surface area contributed by atoms with Gasteiger partial charge in [0.15, 0.2) is 0 Å². The summed E-state index contributed by atoms with van der Waals surface area (Å²) in [7, 11) is 0. The van der Waals surface area contributed by atoms with Crippen LogP contribution in [0.4, 0.5) is 0 Å². The molecule has 2 aliphatic heterocycles. The van der Waals surface area contributed by atoms with E-state index in [0.717, 1.165) is 51.4 Å². The highest BCUT2D eigenvalue weighted by Gasteiger charge is 2.66. The van der Waals surface area contributed by atoms with Crippen LogP contribution in [0.3, 0.4) is 0 Å². The first-order valence-corrected chi connectivity index (χ1v) is 9.63. The van der Waals surface area contributed by atoms with Gasteiger partial charge in [0.2, 0.25) is 0 Å². The van der Waals surface area contributed by atoms with Crippen LogP contribution in [0.2, 0.25) is 0 Å². The number of carbonyl (C=O) groups excluding carboxylic acids is 1. The van der Waals surface area contributed by atoms with Gasteiger partial charge in [-0.2, -0.15) is 0 Å². The third-order valence-electron chi connectivity index (χ3n) is 6.80. The van der Waals surface area contributed by atoms with Gasteiger partial charge in [-0.1, -0.05) is 23.3 Å². The molecule has 2 heterocycles. The Balaban J connectivity index is 1.56. The van der Waals surface area contributed by atoms with E-state index >= 15 is 0 Å². The highest BCUT2D eigenvalue weighted by atomic mass is 16.6. The van der Waals surface area contributed by atoms with E-state index in [2.05, 4.69) is 32.9 Å². The van der Waals surface area contributed by atoms with Gasteiger partial charge in [0.25, 0.3) is 0 Å². The molecular formula is C21H30O3. The summed E-state index contributed by atoms with van der Waals surface area (Å²) >= 11 is 0. The molecule has 0 N–H and O–H groups in total. The van der Waals surface area contributed by atoms with E-state index < -0.39 is 0 Å². The molecule has 1 saturated carbocycles. The Hall–Kier alpha value is -1.09. The van der Waals surface area contributed by atoms with E-state index in [0.29, 0.717) is 12.0 Å². The Labute approximate surface area is 145 Å². The van der Waals surface area contributed by atoms with E-state index in [9.17, 15) is 4.79 Å². The summed E-state index contributed by atoms with van der Waals surface area (Å²) in [5.41, 5.74) is 2.68. The van der Waals surface area contributed by atoms with Crippen molar-refractivity contribution in [2.45, 2.75) is 89.9 Å². The lowest BCUT2D eigenvalue weighted by Crippen LogP contribution is -2.26. The Morgan fingerprint density at radius 2 is 1.83 bits per heavy atom. The number of ether oxygens (including phenoxy) is 2. The van der Waals surface area contributed by atoms with Crippen LogP contribution < -0.4 is 0 Å². The fourth-order valence-electron chi connectivity index (χ4n) is 4.81. The summed E-state index contributed by atoms with van der Waals surface area (Å²) in [5, 5.41) is 0. The number of rotatable bonds is 0. The summed E-state index contributed by atoms with van der Waals surface area (Å²) < 4.78 is 11.9. The molecule has 24 heavy (non-hydrogen) atoms. The van der Waals surface area contributed by atoms with Gasteiger partial charge in [-0.3, -0.25) is 4.79 Å². The van der Waals surface area contributed by atoms with Crippen molar-refractivity contribution in [1.82, 2.24) is 0 Å². The van der Waals surface area contributed by atoms with Crippen LogP contribution in [-0.4, -0.2) is 23.8 Å². The zero-order chi connectivity index (χ0) is 16.9. The number of carbonyl (C=O) groups is 1. The first-order chi connectivity index (χ1) is 11.4. The minimum absolute atomic E-state index is 0.0120. The molecule has 132 valence electrons. The maximum absolute atomic E-state index is 12.4. The lowest BCUT2D eigenvalue weighted by Gasteiger charge is -2.21. The summed E-state index contributed by atoms with van der Waals surface area (Å²) in [5.74, 6) is 0.412. The molecule has 1 spiro atoms. The fraction of sp³-hybridized carbons (Fsp3) is 0.762. The van der Waals surface area contributed by atoms with E-state index in [1.54, 1.807) is 0 Å². The molecular weight excluding hydrogens is 300 g/mol. The van der Waals surface area contributed by atoms with Gasteiger partial charge in [-0.05, 0) is 65.7 Å². The SMILES string of the molecule is C/C1=C\CC[C@@]2(C)O[C@@H]2C[C@@H]2[C@H](C/C(C)=C/CC1)OC(=O)C21CC1. The van der Waals surface area contributed by atoms with Gasteiger partial charge in [0.1, 0.15) is 6.10 Å². The molecule has 0 bridgehead atoms. The van der Waals surface area contributed by atoms with Crippen LogP contribution in [0.15, 0.2) is 23.3 Å². The molecule has 4 aliphatic rings. The minimum Gasteiger partial charge on any atom is -0.461 e. The average Bonchev–Trinajstić information content (AvgIpc) is 3.39. The minimum atomic E-state index is -0.161.